The highest BCUT2D eigenvalue weighted by Crippen LogP contribution is 2.34. The van der Waals surface area contributed by atoms with Gasteiger partial charge in [0.15, 0.2) is 0 Å². The van der Waals surface area contributed by atoms with Crippen LogP contribution in [0.3, 0.4) is 0 Å². The van der Waals surface area contributed by atoms with E-state index in [0.29, 0.717) is 19.5 Å². The Morgan fingerprint density at radius 3 is 2.42 bits per heavy atom. The fourth-order valence-corrected chi connectivity index (χ4v) is 6.11. The first-order valence-corrected chi connectivity index (χ1v) is 13.0. The van der Waals surface area contributed by atoms with Crippen molar-refractivity contribution in [1.82, 2.24) is 9.62 Å². The summed E-state index contributed by atoms with van der Waals surface area (Å²) >= 11 is 0. The topological polar surface area (TPSA) is 86.8 Å². The molecule has 8 heteroatoms. The van der Waals surface area contributed by atoms with Gasteiger partial charge in [0, 0.05) is 31.7 Å². The number of hydrogen-bond acceptors (Lipinski definition) is 4. The molecule has 1 N–H and O–H groups in total. The number of nitrogens with one attached hydrogen (secondary N) is 1. The Labute approximate surface area is 195 Å². The molecule has 2 heterocycles. The number of rotatable bonds is 6. The Bertz CT molecular complexity index is 1130. The molecule has 2 amide bonds. The number of benzene rings is 2. The van der Waals surface area contributed by atoms with Crippen LogP contribution in [0.1, 0.15) is 44.2 Å². The number of anilines is 1. The standard InChI is InChI=1S/C25H31N3O4S/c1-18-15-21-17-22(11-12-24(21)28(18)19(2)29)33(31,32)26-23(16-20-9-5-3-6-10-20)25(30)27-13-7-4-8-14-27/h3,5-6,9-12,17-18,23,26H,4,7-8,13-16H2,1-2H3/t18-,23-/m1/s1. The second kappa shape index (κ2) is 9.65. The maximum Gasteiger partial charge on any atom is 0.241 e. The summed E-state index contributed by atoms with van der Waals surface area (Å²) in [5, 5.41) is 0. The van der Waals surface area contributed by atoms with E-state index in [0.717, 1.165) is 36.1 Å². The smallest absolute Gasteiger partial charge is 0.241 e. The Balaban J connectivity index is 1.60. The summed E-state index contributed by atoms with van der Waals surface area (Å²) in [7, 11) is -3.94. The van der Waals surface area contributed by atoms with Gasteiger partial charge in [-0.2, -0.15) is 4.72 Å². The molecule has 176 valence electrons. The number of piperidine rings is 1. The van der Waals surface area contributed by atoms with E-state index in [2.05, 4.69) is 4.72 Å². The highest BCUT2D eigenvalue weighted by Gasteiger charge is 2.33. The van der Waals surface area contributed by atoms with E-state index in [4.69, 9.17) is 0 Å². The summed E-state index contributed by atoms with van der Waals surface area (Å²) in [5.74, 6) is -0.246. The number of fused-ring (bicyclic) bond motifs is 1. The summed E-state index contributed by atoms with van der Waals surface area (Å²) in [6, 6.07) is 13.4. The lowest BCUT2D eigenvalue weighted by Crippen LogP contribution is -2.50. The van der Waals surface area contributed by atoms with Crippen molar-refractivity contribution in [2.24, 2.45) is 0 Å². The summed E-state index contributed by atoms with van der Waals surface area (Å²) < 4.78 is 29.4. The molecule has 7 nitrogen and oxygen atoms in total. The zero-order valence-electron chi connectivity index (χ0n) is 19.2. The van der Waals surface area contributed by atoms with Crippen LogP contribution in [0.25, 0.3) is 0 Å². The molecule has 2 aliphatic heterocycles. The van der Waals surface area contributed by atoms with E-state index in [1.807, 2.05) is 37.3 Å². The van der Waals surface area contributed by atoms with Crippen molar-refractivity contribution >= 4 is 27.5 Å². The second-order valence-electron chi connectivity index (χ2n) is 8.98. The maximum atomic E-state index is 13.4. The first-order valence-electron chi connectivity index (χ1n) is 11.5. The van der Waals surface area contributed by atoms with Gasteiger partial charge in [0.05, 0.1) is 4.90 Å². The fourth-order valence-electron chi connectivity index (χ4n) is 4.87. The molecule has 2 aliphatic rings. The molecule has 33 heavy (non-hydrogen) atoms. The molecule has 1 fully saturated rings. The van der Waals surface area contributed by atoms with Gasteiger partial charge in [0.1, 0.15) is 6.04 Å². The molecule has 4 rings (SSSR count). The van der Waals surface area contributed by atoms with E-state index in [1.54, 1.807) is 21.9 Å². The van der Waals surface area contributed by atoms with Gasteiger partial charge >= 0.3 is 0 Å². The Hall–Kier alpha value is -2.71. The van der Waals surface area contributed by atoms with Gasteiger partial charge in [-0.3, -0.25) is 9.59 Å². The fraction of sp³-hybridized carbons (Fsp3) is 0.440. The predicted octanol–water partition coefficient (Wildman–Crippen LogP) is 2.89. The highest BCUT2D eigenvalue weighted by atomic mass is 32.2. The van der Waals surface area contributed by atoms with Crippen LogP contribution in [0.5, 0.6) is 0 Å². The third-order valence-electron chi connectivity index (χ3n) is 6.46. The van der Waals surface area contributed by atoms with Crippen LogP contribution >= 0.6 is 0 Å². The predicted molar refractivity (Wildman–Crippen MR) is 127 cm³/mol. The minimum atomic E-state index is -3.94. The molecule has 2 atom stereocenters. The van der Waals surface area contributed by atoms with Gasteiger partial charge in [0.2, 0.25) is 21.8 Å². The van der Waals surface area contributed by atoms with Crippen LogP contribution in [0.4, 0.5) is 5.69 Å². The van der Waals surface area contributed by atoms with Crippen LogP contribution < -0.4 is 9.62 Å². The highest BCUT2D eigenvalue weighted by molar-refractivity contribution is 7.89. The molecule has 1 saturated heterocycles. The van der Waals surface area contributed by atoms with E-state index in [1.165, 1.54) is 13.0 Å². The molecule has 0 aromatic heterocycles. The number of carbonyl (C=O) groups excluding carboxylic acids is 2. The Morgan fingerprint density at radius 1 is 1.06 bits per heavy atom. The number of nitrogens with zero attached hydrogens (tertiary/aromatic N) is 2. The number of likely N-dealkylation sites (tertiary alicyclic amines) is 1. The van der Waals surface area contributed by atoms with Crippen LogP contribution in [0, 0.1) is 0 Å². The average Bonchev–Trinajstić information content (AvgIpc) is 3.14. The summed E-state index contributed by atoms with van der Waals surface area (Å²) in [4.78, 5) is 28.9. The van der Waals surface area contributed by atoms with Crippen LogP contribution in [0.15, 0.2) is 53.4 Å². The number of carbonyl (C=O) groups is 2. The normalized spacial score (nSPS) is 19.3. The molecule has 0 unspecified atom stereocenters. The van der Waals surface area contributed by atoms with Gasteiger partial charge < -0.3 is 9.80 Å². The zero-order valence-corrected chi connectivity index (χ0v) is 20.0. The second-order valence-corrected chi connectivity index (χ2v) is 10.7. The van der Waals surface area contributed by atoms with Crippen LogP contribution in [-0.4, -0.2) is 50.3 Å². The molecular weight excluding hydrogens is 438 g/mol. The van der Waals surface area contributed by atoms with E-state index in [-0.39, 0.29) is 29.2 Å². The lowest BCUT2D eigenvalue weighted by Gasteiger charge is -2.30. The van der Waals surface area contributed by atoms with Crippen LogP contribution in [-0.2, 0) is 32.5 Å². The first-order chi connectivity index (χ1) is 15.8. The molecule has 0 spiro atoms. The molecule has 0 aliphatic carbocycles. The van der Waals surface area contributed by atoms with E-state index in [9.17, 15) is 18.0 Å². The van der Waals surface area contributed by atoms with Gasteiger partial charge in [0.25, 0.3) is 0 Å². The van der Waals surface area contributed by atoms with Gasteiger partial charge in [-0.25, -0.2) is 8.42 Å². The van der Waals surface area contributed by atoms with Crippen molar-refractivity contribution in [3.63, 3.8) is 0 Å². The largest absolute Gasteiger partial charge is 0.341 e. The monoisotopic (exact) mass is 469 g/mol. The minimum absolute atomic E-state index is 0.0186. The average molecular weight is 470 g/mol. The summed E-state index contributed by atoms with van der Waals surface area (Å²) in [6.07, 6.45) is 3.84. The van der Waals surface area contributed by atoms with Crippen molar-refractivity contribution in [3.8, 4) is 0 Å². The lowest BCUT2D eigenvalue weighted by atomic mass is 10.0. The van der Waals surface area contributed by atoms with Crippen molar-refractivity contribution in [2.75, 3.05) is 18.0 Å². The quantitative estimate of drug-likeness (QED) is 0.705. The van der Waals surface area contributed by atoms with Crippen LogP contribution in [0.2, 0.25) is 0 Å². The van der Waals surface area contributed by atoms with Crippen molar-refractivity contribution < 1.29 is 18.0 Å². The lowest BCUT2D eigenvalue weighted by molar-refractivity contribution is -0.133. The molecule has 2 aromatic rings. The third kappa shape index (κ3) is 5.12. The number of amides is 2. The van der Waals surface area contributed by atoms with Gasteiger partial charge in [-0.15, -0.1) is 0 Å². The summed E-state index contributed by atoms with van der Waals surface area (Å²) in [5.41, 5.74) is 2.47. The summed E-state index contributed by atoms with van der Waals surface area (Å²) in [6.45, 7) is 4.77. The Kier molecular flexibility index (Phi) is 6.86. The maximum absolute atomic E-state index is 13.4. The van der Waals surface area contributed by atoms with Gasteiger partial charge in [-0.1, -0.05) is 30.3 Å². The number of hydrogen-bond donors (Lipinski definition) is 1. The molecule has 0 bridgehead atoms. The van der Waals surface area contributed by atoms with Crippen molar-refractivity contribution in [2.45, 2.75) is 62.9 Å². The molecule has 0 radical (unpaired) electrons. The SMILES string of the molecule is CC(=O)N1c2ccc(S(=O)(=O)N[C@H](Cc3ccccc3)C(=O)N3CCCCC3)cc2C[C@H]1C. The van der Waals surface area contributed by atoms with E-state index >= 15 is 0 Å². The van der Waals surface area contributed by atoms with Gasteiger partial charge in [-0.05, 0) is 68.4 Å². The number of sulfonamides is 1. The zero-order chi connectivity index (χ0) is 23.6. The molecule has 2 aromatic carbocycles. The molecule has 0 saturated carbocycles. The van der Waals surface area contributed by atoms with E-state index < -0.39 is 16.1 Å². The molecular formula is C25H31N3O4S. The Morgan fingerprint density at radius 2 is 1.76 bits per heavy atom. The van der Waals surface area contributed by atoms with Crippen molar-refractivity contribution in [3.05, 3.63) is 59.7 Å². The minimum Gasteiger partial charge on any atom is -0.341 e. The third-order valence-corrected chi connectivity index (χ3v) is 7.93. The van der Waals surface area contributed by atoms with Crippen molar-refractivity contribution in [1.29, 1.82) is 0 Å². The first kappa shape index (κ1) is 23.4.